The van der Waals surface area contributed by atoms with Crippen molar-refractivity contribution in [3.8, 4) is 0 Å². The third kappa shape index (κ3) is 3.97. The number of para-hydroxylation sites is 1. The predicted octanol–water partition coefficient (Wildman–Crippen LogP) is 0.856. The van der Waals surface area contributed by atoms with Gasteiger partial charge in [0.1, 0.15) is 6.61 Å². The summed E-state index contributed by atoms with van der Waals surface area (Å²) in [5.41, 5.74) is 0.616. The first-order chi connectivity index (χ1) is 8.19. The molecule has 1 rings (SSSR count). The van der Waals surface area contributed by atoms with Crippen molar-refractivity contribution in [1.82, 2.24) is 0 Å². The van der Waals surface area contributed by atoms with E-state index in [1.54, 1.807) is 24.3 Å². The van der Waals surface area contributed by atoms with Crippen LogP contribution >= 0.6 is 0 Å². The molecule has 0 spiro atoms. The summed E-state index contributed by atoms with van der Waals surface area (Å²) in [5.74, 6) is -0.913. The zero-order chi connectivity index (χ0) is 12.7. The first kappa shape index (κ1) is 13.3. The van der Waals surface area contributed by atoms with Gasteiger partial charge in [0.25, 0.3) is 5.91 Å². The molecule has 17 heavy (non-hydrogen) atoms. The number of carbonyl (C=O) groups is 2. The first-order valence-electron chi connectivity index (χ1n) is 5.09. The van der Waals surface area contributed by atoms with Crippen LogP contribution in [0.3, 0.4) is 0 Å². The summed E-state index contributed by atoms with van der Waals surface area (Å²) in [6.45, 7) is -0.152. The second-order valence-electron chi connectivity index (χ2n) is 3.37. The smallest absolute Gasteiger partial charge is 0.261 e. The van der Waals surface area contributed by atoms with Crippen LogP contribution in [0.4, 0.5) is 5.69 Å². The highest BCUT2D eigenvalue weighted by atomic mass is 16.5. The number of ether oxygens (including phenoxy) is 2. The van der Waals surface area contributed by atoms with E-state index in [0.29, 0.717) is 5.69 Å². The Morgan fingerprint density at radius 2 is 1.88 bits per heavy atom. The third-order valence-corrected chi connectivity index (χ3v) is 2.09. The fourth-order valence-corrected chi connectivity index (χ4v) is 1.33. The molecule has 1 atom stereocenters. The van der Waals surface area contributed by atoms with Crippen LogP contribution in [0.25, 0.3) is 0 Å². The summed E-state index contributed by atoms with van der Waals surface area (Å²) in [7, 11) is 2.70. The maximum Gasteiger partial charge on any atom is 0.261 e. The van der Waals surface area contributed by atoms with Gasteiger partial charge in [0.2, 0.25) is 0 Å². The van der Waals surface area contributed by atoms with E-state index in [2.05, 4.69) is 10.1 Å². The molecule has 0 saturated heterocycles. The van der Waals surface area contributed by atoms with Crippen molar-refractivity contribution in [3.63, 3.8) is 0 Å². The molecule has 1 aromatic carbocycles. The normalized spacial score (nSPS) is 11.9. The molecule has 0 aliphatic carbocycles. The van der Waals surface area contributed by atoms with Crippen molar-refractivity contribution in [2.45, 2.75) is 6.10 Å². The topological polar surface area (TPSA) is 64.6 Å². The van der Waals surface area contributed by atoms with Gasteiger partial charge in [-0.05, 0) is 12.1 Å². The molecular weight excluding hydrogens is 222 g/mol. The fourth-order valence-electron chi connectivity index (χ4n) is 1.33. The lowest BCUT2D eigenvalue weighted by Gasteiger charge is -2.13. The maximum absolute atomic E-state index is 11.7. The Labute approximate surface area is 99.7 Å². The standard InChI is InChI=1S/C12H15NO4/c1-16-8-10(14)11(17-2)12(15)13-9-6-4-3-5-7-9/h3-7,11H,8H2,1-2H3,(H,13,15). The highest BCUT2D eigenvalue weighted by Gasteiger charge is 2.25. The fraction of sp³-hybridized carbons (Fsp3) is 0.333. The number of hydrogen-bond acceptors (Lipinski definition) is 4. The van der Waals surface area contributed by atoms with Gasteiger partial charge in [-0.25, -0.2) is 0 Å². The number of nitrogens with one attached hydrogen (secondary N) is 1. The van der Waals surface area contributed by atoms with Crippen molar-refractivity contribution < 1.29 is 19.1 Å². The number of amides is 1. The summed E-state index contributed by atoms with van der Waals surface area (Å²) in [5, 5.41) is 2.59. The van der Waals surface area contributed by atoms with Crippen LogP contribution < -0.4 is 5.32 Å². The first-order valence-corrected chi connectivity index (χ1v) is 5.09. The Morgan fingerprint density at radius 1 is 1.24 bits per heavy atom. The molecule has 0 heterocycles. The van der Waals surface area contributed by atoms with Gasteiger partial charge in [-0.3, -0.25) is 9.59 Å². The van der Waals surface area contributed by atoms with Crippen LogP contribution in [0.5, 0.6) is 0 Å². The minimum absolute atomic E-state index is 0.152. The van der Waals surface area contributed by atoms with Gasteiger partial charge in [0.05, 0.1) is 0 Å². The van der Waals surface area contributed by atoms with Gasteiger partial charge < -0.3 is 14.8 Å². The number of rotatable bonds is 6. The molecule has 0 aliphatic heterocycles. The molecule has 92 valence electrons. The number of anilines is 1. The molecule has 0 aromatic heterocycles. The lowest BCUT2D eigenvalue weighted by molar-refractivity contribution is -0.141. The average molecular weight is 237 g/mol. The van der Waals surface area contributed by atoms with Gasteiger partial charge in [0, 0.05) is 19.9 Å². The predicted molar refractivity (Wildman–Crippen MR) is 62.8 cm³/mol. The molecule has 1 aromatic rings. The number of methoxy groups -OCH3 is 2. The molecule has 0 radical (unpaired) electrons. The average Bonchev–Trinajstić information content (AvgIpc) is 2.31. The highest BCUT2D eigenvalue weighted by Crippen LogP contribution is 2.06. The highest BCUT2D eigenvalue weighted by molar-refractivity contribution is 6.10. The number of benzene rings is 1. The van der Waals surface area contributed by atoms with E-state index >= 15 is 0 Å². The zero-order valence-corrected chi connectivity index (χ0v) is 9.80. The summed E-state index contributed by atoms with van der Waals surface area (Å²) >= 11 is 0. The molecule has 0 aliphatic rings. The largest absolute Gasteiger partial charge is 0.377 e. The Hall–Kier alpha value is -1.72. The van der Waals surface area contributed by atoms with Crippen molar-refractivity contribution in [1.29, 1.82) is 0 Å². The minimum Gasteiger partial charge on any atom is -0.377 e. The van der Waals surface area contributed by atoms with Crippen LogP contribution in [0.1, 0.15) is 0 Å². The second kappa shape index (κ2) is 6.78. The van der Waals surface area contributed by atoms with Gasteiger partial charge in [-0.2, -0.15) is 0 Å². The zero-order valence-electron chi connectivity index (χ0n) is 9.80. The number of ketones is 1. The van der Waals surface area contributed by atoms with Gasteiger partial charge in [-0.1, -0.05) is 18.2 Å². The van der Waals surface area contributed by atoms with Crippen LogP contribution in [0.15, 0.2) is 30.3 Å². The third-order valence-electron chi connectivity index (χ3n) is 2.09. The maximum atomic E-state index is 11.7. The number of carbonyl (C=O) groups excluding carboxylic acids is 2. The summed E-state index contributed by atoms with van der Waals surface area (Å²) in [6, 6.07) is 8.86. The molecular formula is C12H15NO4. The van der Waals surface area contributed by atoms with E-state index < -0.39 is 17.8 Å². The molecule has 1 N–H and O–H groups in total. The van der Waals surface area contributed by atoms with E-state index in [9.17, 15) is 9.59 Å². The molecule has 0 fully saturated rings. The lowest BCUT2D eigenvalue weighted by atomic mass is 10.2. The SMILES string of the molecule is COCC(=O)C(OC)C(=O)Nc1ccccc1. The van der Waals surface area contributed by atoms with Crippen LogP contribution in [-0.2, 0) is 19.1 Å². The van der Waals surface area contributed by atoms with Gasteiger partial charge in [0.15, 0.2) is 11.9 Å². The molecule has 1 amide bonds. The number of hydrogen-bond donors (Lipinski definition) is 1. The van der Waals surface area contributed by atoms with Gasteiger partial charge in [-0.15, -0.1) is 0 Å². The number of Topliss-reactive ketones (excluding diaryl/α,β-unsaturated/α-hetero) is 1. The monoisotopic (exact) mass is 237 g/mol. The van der Waals surface area contributed by atoms with E-state index in [1.807, 2.05) is 6.07 Å². The van der Waals surface area contributed by atoms with Crippen LogP contribution in [0, 0.1) is 0 Å². The Kier molecular flexibility index (Phi) is 5.32. The van der Waals surface area contributed by atoms with E-state index in [4.69, 9.17) is 4.74 Å². The molecule has 5 nitrogen and oxygen atoms in total. The molecule has 5 heteroatoms. The second-order valence-corrected chi connectivity index (χ2v) is 3.37. The molecule has 0 bridgehead atoms. The van der Waals surface area contributed by atoms with Crippen molar-refractivity contribution >= 4 is 17.4 Å². The Bertz CT molecular complexity index is 377. The van der Waals surface area contributed by atoms with Crippen LogP contribution in [0.2, 0.25) is 0 Å². The van der Waals surface area contributed by atoms with Crippen molar-refractivity contribution in [3.05, 3.63) is 30.3 Å². The van der Waals surface area contributed by atoms with Crippen molar-refractivity contribution in [2.75, 3.05) is 26.1 Å². The quantitative estimate of drug-likeness (QED) is 0.745. The lowest BCUT2D eigenvalue weighted by Crippen LogP contribution is -2.38. The summed E-state index contributed by atoms with van der Waals surface area (Å²) in [4.78, 5) is 23.2. The Morgan fingerprint density at radius 3 is 2.41 bits per heavy atom. The summed E-state index contributed by atoms with van der Waals surface area (Å²) < 4.78 is 9.53. The summed E-state index contributed by atoms with van der Waals surface area (Å²) in [6.07, 6.45) is -1.14. The van der Waals surface area contributed by atoms with E-state index in [1.165, 1.54) is 14.2 Å². The minimum atomic E-state index is -1.14. The Balaban J connectivity index is 2.64. The van der Waals surface area contributed by atoms with E-state index in [-0.39, 0.29) is 6.61 Å². The van der Waals surface area contributed by atoms with Gasteiger partial charge >= 0.3 is 0 Å². The molecule has 1 unspecified atom stereocenters. The van der Waals surface area contributed by atoms with E-state index in [0.717, 1.165) is 0 Å². The van der Waals surface area contributed by atoms with Crippen molar-refractivity contribution in [2.24, 2.45) is 0 Å². The van der Waals surface area contributed by atoms with Crippen LogP contribution in [-0.4, -0.2) is 38.6 Å². The molecule has 0 saturated carbocycles.